The maximum Gasteiger partial charge on any atom is 0.157 e. The molecule has 3 rings (SSSR count). The lowest BCUT2D eigenvalue weighted by atomic mass is 10.1. The van der Waals surface area contributed by atoms with Crippen LogP contribution in [0.1, 0.15) is 19.4 Å². The normalized spacial score (nSPS) is 20.1. The molecule has 4 heteroatoms. The largest absolute Gasteiger partial charge is 0.361 e. The molecule has 0 aliphatic carbocycles. The van der Waals surface area contributed by atoms with Gasteiger partial charge in [-0.2, -0.15) is 0 Å². The third-order valence-corrected chi connectivity index (χ3v) is 3.34. The Hall–Kier alpha value is -1.04. The topological polar surface area (TPSA) is 27.6 Å². The van der Waals surface area contributed by atoms with Crippen molar-refractivity contribution in [2.75, 3.05) is 0 Å². The highest BCUT2D eigenvalue weighted by atomic mass is 127. The molecule has 0 radical (unpaired) electrons. The van der Waals surface area contributed by atoms with Crippen LogP contribution in [0.5, 0.6) is 0 Å². The maximum absolute atomic E-state index is 4.40. The van der Waals surface area contributed by atoms with Gasteiger partial charge in [0.05, 0.1) is 17.7 Å². The Morgan fingerprint density at radius 2 is 2.06 bits per heavy atom. The molecule has 0 spiro atoms. The van der Waals surface area contributed by atoms with E-state index < -0.39 is 0 Å². The minimum Gasteiger partial charge on any atom is -0.361 e. The number of fused-ring (bicyclic) bond motifs is 3. The van der Waals surface area contributed by atoms with Crippen LogP contribution < -0.4 is 5.32 Å². The van der Waals surface area contributed by atoms with Gasteiger partial charge in [0.1, 0.15) is 0 Å². The number of benzene rings is 1. The summed E-state index contributed by atoms with van der Waals surface area (Å²) in [5.74, 6) is 0. The van der Waals surface area contributed by atoms with Crippen molar-refractivity contribution in [3.8, 4) is 0 Å². The predicted octanol–water partition coefficient (Wildman–Crippen LogP) is 3.31. The van der Waals surface area contributed by atoms with Gasteiger partial charge in [0, 0.05) is 11.8 Å². The van der Waals surface area contributed by atoms with Gasteiger partial charge in [-0.25, -0.2) is 4.99 Å². The molecule has 84 valence electrons. The zero-order valence-electron chi connectivity index (χ0n) is 9.31. The summed E-state index contributed by atoms with van der Waals surface area (Å²) in [6.07, 6.45) is 3.92. The summed E-state index contributed by atoms with van der Waals surface area (Å²) in [5.41, 5.74) is 3.44. The van der Waals surface area contributed by atoms with Crippen LogP contribution in [-0.2, 0) is 0 Å². The average Bonchev–Trinajstić information content (AvgIpc) is 2.74. The molecule has 1 aromatic rings. The van der Waals surface area contributed by atoms with Crippen molar-refractivity contribution in [1.82, 2.24) is 10.2 Å². The van der Waals surface area contributed by atoms with Gasteiger partial charge in [-0.05, 0) is 28.7 Å². The number of nitrogens with one attached hydrogen (secondary N) is 1. The van der Waals surface area contributed by atoms with Crippen molar-refractivity contribution in [2.45, 2.75) is 18.0 Å². The van der Waals surface area contributed by atoms with Crippen LogP contribution in [0.2, 0.25) is 0 Å². The minimum atomic E-state index is 0.278. The van der Waals surface area contributed by atoms with Crippen molar-refractivity contribution >= 4 is 40.3 Å². The number of rotatable bonds is 0. The van der Waals surface area contributed by atoms with Crippen LogP contribution in [0.3, 0.4) is 0 Å². The Morgan fingerprint density at radius 1 is 1.31 bits per heavy atom. The molecule has 2 heterocycles. The lowest BCUT2D eigenvalue weighted by molar-refractivity contribution is 0.576. The van der Waals surface area contributed by atoms with Crippen LogP contribution >= 0.6 is 22.6 Å². The average molecular weight is 327 g/mol. The SMILES string of the molecule is CC.IC1NC=C2c3ccccc3N=CN21. The highest BCUT2D eigenvalue weighted by Crippen LogP contribution is 2.35. The van der Waals surface area contributed by atoms with Crippen LogP contribution in [0.4, 0.5) is 5.69 Å². The van der Waals surface area contributed by atoms with Gasteiger partial charge in [0.2, 0.25) is 0 Å². The van der Waals surface area contributed by atoms with E-state index in [9.17, 15) is 0 Å². The molecule has 0 amide bonds. The van der Waals surface area contributed by atoms with Gasteiger partial charge in [0.25, 0.3) is 0 Å². The van der Waals surface area contributed by atoms with E-state index in [0.29, 0.717) is 0 Å². The van der Waals surface area contributed by atoms with Crippen LogP contribution in [0.15, 0.2) is 35.5 Å². The molecule has 2 aliphatic heterocycles. The summed E-state index contributed by atoms with van der Waals surface area (Å²) >= 11 is 2.34. The molecule has 16 heavy (non-hydrogen) atoms. The Labute approximate surface area is 109 Å². The lowest BCUT2D eigenvalue weighted by Crippen LogP contribution is -2.30. The fraction of sp³-hybridized carbons (Fsp3) is 0.250. The maximum atomic E-state index is 4.40. The Kier molecular flexibility index (Phi) is 3.48. The van der Waals surface area contributed by atoms with Crippen LogP contribution in [0, 0.1) is 0 Å². The first-order chi connectivity index (χ1) is 7.86. The van der Waals surface area contributed by atoms with E-state index in [1.807, 2.05) is 44.6 Å². The Bertz CT molecular complexity index is 440. The fourth-order valence-corrected chi connectivity index (χ4v) is 2.31. The van der Waals surface area contributed by atoms with E-state index in [4.69, 9.17) is 0 Å². The molecule has 1 unspecified atom stereocenters. The van der Waals surface area contributed by atoms with Crippen molar-refractivity contribution in [1.29, 1.82) is 0 Å². The summed E-state index contributed by atoms with van der Waals surface area (Å²) in [6, 6.07) is 8.18. The van der Waals surface area contributed by atoms with Gasteiger partial charge in [-0.15, -0.1) is 0 Å². The number of halogens is 1. The molecule has 3 nitrogen and oxygen atoms in total. The van der Waals surface area contributed by atoms with Gasteiger partial charge < -0.3 is 10.2 Å². The highest BCUT2D eigenvalue weighted by Gasteiger charge is 2.26. The van der Waals surface area contributed by atoms with Crippen molar-refractivity contribution < 1.29 is 0 Å². The van der Waals surface area contributed by atoms with Gasteiger partial charge in [-0.3, -0.25) is 0 Å². The number of aliphatic imine (C=N–C) groups is 1. The summed E-state index contributed by atoms with van der Waals surface area (Å²) in [6.45, 7) is 4.00. The molecule has 1 aromatic carbocycles. The second kappa shape index (κ2) is 4.86. The third-order valence-electron chi connectivity index (χ3n) is 2.38. The summed E-state index contributed by atoms with van der Waals surface area (Å²) in [7, 11) is 0. The first-order valence-corrected chi connectivity index (χ1v) is 6.63. The van der Waals surface area contributed by atoms with Crippen LogP contribution in [-0.4, -0.2) is 15.4 Å². The van der Waals surface area contributed by atoms with E-state index in [1.165, 1.54) is 11.3 Å². The summed E-state index contributed by atoms with van der Waals surface area (Å²) in [4.78, 5) is 6.53. The second-order valence-corrected chi connectivity index (χ2v) is 4.38. The van der Waals surface area contributed by atoms with E-state index in [-0.39, 0.29) is 4.17 Å². The molecule has 0 aromatic heterocycles. The summed E-state index contributed by atoms with van der Waals surface area (Å²) in [5, 5.41) is 3.26. The molecule has 2 aliphatic rings. The van der Waals surface area contributed by atoms with E-state index in [0.717, 1.165) is 5.69 Å². The molecular weight excluding hydrogens is 313 g/mol. The standard InChI is InChI=1S/C10H8IN3.C2H6/c11-10-12-5-9-7-3-1-2-4-8(7)13-6-14(9)10;1-2/h1-6,10,12H;1-2H3. The molecule has 1 atom stereocenters. The van der Waals surface area contributed by atoms with Gasteiger partial charge in [0.15, 0.2) is 4.17 Å². The monoisotopic (exact) mass is 327 g/mol. The molecule has 0 saturated carbocycles. The molecule has 1 N–H and O–H groups in total. The molecule has 0 bridgehead atoms. The quantitative estimate of drug-likeness (QED) is 0.450. The first kappa shape index (κ1) is 11.4. The zero-order valence-corrected chi connectivity index (χ0v) is 11.5. The number of alkyl halides is 1. The highest BCUT2D eigenvalue weighted by molar-refractivity contribution is 14.1. The second-order valence-electron chi connectivity index (χ2n) is 3.20. The minimum absolute atomic E-state index is 0.278. The van der Waals surface area contributed by atoms with E-state index in [1.54, 1.807) is 0 Å². The number of nitrogens with zero attached hydrogens (tertiary/aromatic N) is 2. The molecule has 0 saturated heterocycles. The molecule has 0 fully saturated rings. The number of hydrogen-bond acceptors (Lipinski definition) is 3. The lowest BCUT2D eigenvalue weighted by Gasteiger charge is -2.24. The zero-order chi connectivity index (χ0) is 11.5. The Balaban J connectivity index is 0.000000457. The Morgan fingerprint density at radius 3 is 2.88 bits per heavy atom. The first-order valence-electron chi connectivity index (χ1n) is 5.38. The van der Waals surface area contributed by atoms with Gasteiger partial charge in [-0.1, -0.05) is 32.0 Å². The smallest absolute Gasteiger partial charge is 0.157 e. The number of hydrogen-bond donors (Lipinski definition) is 1. The fourth-order valence-electron chi connectivity index (χ4n) is 1.69. The summed E-state index contributed by atoms with van der Waals surface area (Å²) < 4.78 is 0.278. The predicted molar refractivity (Wildman–Crippen MR) is 76.7 cm³/mol. The third kappa shape index (κ3) is 1.81. The van der Waals surface area contributed by atoms with Gasteiger partial charge >= 0.3 is 0 Å². The number of para-hydroxylation sites is 1. The van der Waals surface area contributed by atoms with Crippen molar-refractivity contribution in [3.05, 3.63) is 36.0 Å². The van der Waals surface area contributed by atoms with E-state index >= 15 is 0 Å². The van der Waals surface area contributed by atoms with Crippen LogP contribution in [0.25, 0.3) is 5.70 Å². The van der Waals surface area contributed by atoms with Crippen molar-refractivity contribution in [2.24, 2.45) is 4.99 Å². The van der Waals surface area contributed by atoms with E-state index in [2.05, 4.69) is 43.9 Å². The van der Waals surface area contributed by atoms with Crippen molar-refractivity contribution in [3.63, 3.8) is 0 Å². The molecular formula is C12H14IN3.